The Labute approximate surface area is 168 Å². The molecule has 2 N–H and O–H groups in total. The van der Waals surface area contributed by atoms with E-state index in [1.54, 1.807) is 19.1 Å². The average molecular weight is 414 g/mol. The molecule has 1 fully saturated rings. The molecular formula is C20H22N4O4S. The number of nitrogens with zero attached hydrogens (tertiary/aromatic N) is 2. The summed E-state index contributed by atoms with van der Waals surface area (Å²) in [6, 6.07) is 8.95. The highest BCUT2D eigenvalue weighted by Crippen LogP contribution is 2.40. The third-order valence-corrected chi connectivity index (χ3v) is 6.36. The van der Waals surface area contributed by atoms with Crippen LogP contribution in [0.5, 0.6) is 0 Å². The Bertz CT molecular complexity index is 1170. The van der Waals surface area contributed by atoms with Crippen LogP contribution in [-0.2, 0) is 22.3 Å². The fourth-order valence-electron chi connectivity index (χ4n) is 3.20. The molecule has 0 saturated heterocycles. The lowest BCUT2D eigenvalue weighted by atomic mass is 10.1. The summed E-state index contributed by atoms with van der Waals surface area (Å²) in [5.74, 6) is 0.0900. The summed E-state index contributed by atoms with van der Waals surface area (Å²) in [5, 5.41) is 7.51. The summed E-state index contributed by atoms with van der Waals surface area (Å²) >= 11 is 0. The summed E-state index contributed by atoms with van der Waals surface area (Å²) in [6.07, 6.45) is 2.14. The SMILES string of the molecule is CNS(=O)(=O)Cc1ccc(CNC(=O)c2cc(C3CC3)nc3onc(C)c23)cc1. The van der Waals surface area contributed by atoms with Gasteiger partial charge < -0.3 is 9.84 Å². The van der Waals surface area contributed by atoms with Crippen LogP contribution in [0.4, 0.5) is 0 Å². The van der Waals surface area contributed by atoms with Gasteiger partial charge in [-0.3, -0.25) is 4.79 Å². The first-order valence-corrected chi connectivity index (χ1v) is 11.1. The normalized spacial score (nSPS) is 14.3. The molecule has 0 aliphatic heterocycles. The molecule has 0 unspecified atom stereocenters. The van der Waals surface area contributed by atoms with Crippen molar-refractivity contribution in [2.45, 2.75) is 38.0 Å². The topological polar surface area (TPSA) is 114 Å². The summed E-state index contributed by atoms with van der Waals surface area (Å²) < 4.78 is 30.8. The molecular weight excluding hydrogens is 392 g/mol. The number of pyridine rings is 1. The van der Waals surface area contributed by atoms with E-state index in [2.05, 4.69) is 20.2 Å². The fraction of sp³-hybridized carbons (Fsp3) is 0.350. The maximum Gasteiger partial charge on any atom is 0.259 e. The molecule has 3 aromatic rings. The van der Waals surface area contributed by atoms with Crippen molar-refractivity contribution < 1.29 is 17.7 Å². The minimum absolute atomic E-state index is 0.0815. The Balaban J connectivity index is 1.49. The van der Waals surface area contributed by atoms with Gasteiger partial charge in [0.05, 0.1) is 22.4 Å². The maximum atomic E-state index is 12.9. The first-order valence-electron chi connectivity index (χ1n) is 9.40. The van der Waals surface area contributed by atoms with Gasteiger partial charge >= 0.3 is 0 Å². The highest BCUT2D eigenvalue weighted by molar-refractivity contribution is 7.88. The zero-order valence-electron chi connectivity index (χ0n) is 16.2. The van der Waals surface area contributed by atoms with E-state index >= 15 is 0 Å². The number of aromatic nitrogens is 2. The molecule has 1 aliphatic carbocycles. The van der Waals surface area contributed by atoms with Crippen LogP contribution in [0.1, 0.15) is 51.6 Å². The summed E-state index contributed by atoms with van der Waals surface area (Å²) in [7, 11) is -1.92. The standard InChI is InChI=1S/C20H22N4O4S/c1-12-18-16(9-17(15-7-8-15)23-20(18)28-24-12)19(25)22-10-13-3-5-14(6-4-13)11-29(26,27)21-2/h3-6,9,15,21H,7-8,10-11H2,1-2H3,(H,22,25). The molecule has 8 nitrogen and oxygen atoms in total. The Morgan fingerprint density at radius 2 is 1.90 bits per heavy atom. The number of rotatable bonds is 7. The van der Waals surface area contributed by atoms with Crippen LogP contribution in [-0.4, -0.2) is 31.5 Å². The van der Waals surface area contributed by atoms with E-state index in [-0.39, 0.29) is 11.7 Å². The molecule has 1 saturated carbocycles. The van der Waals surface area contributed by atoms with Gasteiger partial charge in [-0.25, -0.2) is 18.1 Å². The van der Waals surface area contributed by atoms with Crippen molar-refractivity contribution in [2.75, 3.05) is 7.05 Å². The lowest BCUT2D eigenvalue weighted by Crippen LogP contribution is -2.23. The van der Waals surface area contributed by atoms with Crippen molar-refractivity contribution in [1.29, 1.82) is 0 Å². The van der Waals surface area contributed by atoms with E-state index in [1.807, 2.05) is 18.2 Å². The molecule has 1 aromatic carbocycles. The minimum atomic E-state index is -3.31. The molecule has 0 spiro atoms. The van der Waals surface area contributed by atoms with E-state index < -0.39 is 10.0 Å². The Kier molecular flexibility index (Phi) is 5.10. The predicted molar refractivity (Wildman–Crippen MR) is 108 cm³/mol. The molecule has 4 rings (SSSR count). The zero-order chi connectivity index (χ0) is 20.6. The fourth-order valence-corrected chi connectivity index (χ4v) is 3.98. The second-order valence-corrected chi connectivity index (χ2v) is 9.21. The van der Waals surface area contributed by atoms with Crippen molar-refractivity contribution in [2.24, 2.45) is 0 Å². The van der Waals surface area contributed by atoms with Crippen LogP contribution in [0.2, 0.25) is 0 Å². The van der Waals surface area contributed by atoms with Crippen LogP contribution >= 0.6 is 0 Å². The Morgan fingerprint density at radius 1 is 1.21 bits per heavy atom. The second-order valence-electron chi connectivity index (χ2n) is 7.28. The lowest BCUT2D eigenvalue weighted by molar-refractivity contribution is 0.0952. The van der Waals surface area contributed by atoms with Crippen molar-refractivity contribution in [3.63, 3.8) is 0 Å². The molecule has 152 valence electrons. The van der Waals surface area contributed by atoms with Crippen molar-refractivity contribution in [3.8, 4) is 0 Å². The number of sulfonamides is 1. The number of aryl methyl sites for hydroxylation is 1. The number of carbonyl (C=O) groups excluding carboxylic acids is 1. The van der Waals surface area contributed by atoms with Gasteiger partial charge in [0.15, 0.2) is 0 Å². The van der Waals surface area contributed by atoms with Gasteiger partial charge in [0.2, 0.25) is 10.0 Å². The zero-order valence-corrected chi connectivity index (χ0v) is 17.0. The number of benzene rings is 1. The highest BCUT2D eigenvalue weighted by atomic mass is 32.2. The molecule has 0 radical (unpaired) electrons. The van der Waals surface area contributed by atoms with Crippen LogP contribution in [0.3, 0.4) is 0 Å². The van der Waals surface area contributed by atoms with Gasteiger partial charge in [-0.05, 0) is 44.0 Å². The number of nitrogens with one attached hydrogen (secondary N) is 2. The first kappa shape index (κ1) is 19.5. The van der Waals surface area contributed by atoms with Crippen LogP contribution in [0.15, 0.2) is 34.9 Å². The summed E-state index contributed by atoms with van der Waals surface area (Å²) in [6.45, 7) is 2.11. The second kappa shape index (κ2) is 7.57. The van der Waals surface area contributed by atoms with Crippen LogP contribution in [0.25, 0.3) is 11.1 Å². The van der Waals surface area contributed by atoms with Gasteiger partial charge in [0.1, 0.15) is 0 Å². The monoisotopic (exact) mass is 414 g/mol. The molecule has 2 heterocycles. The number of amides is 1. The number of hydrogen-bond donors (Lipinski definition) is 2. The highest BCUT2D eigenvalue weighted by Gasteiger charge is 2.28. The molecule has 2 aromatic heterocycles. The largest absolute Gasteiger partial charge is 0.348 e. The Hall–Kier alpha value is -2.78. The molecule has 0 bridgehead atoms. The third kappa shape index (κ3) is 4.30. The van der Waals surface area contributed by atoms with Gasteiger partial charge in [0, 0.05) is 18.2 Å². The minimum Gasteiger partial charge on any atom is -0.348 e. The predicted octanol–water partition coefficient (Wildman–Crippen LogP) is 2.39. The number of fused-ring (bicyclic) bond motifs is 1. The van der Waals surface area contributed by atoms with Crippen molar-refractivity contribution in [1.82, 2.24) is 20.2 Å². The van der Waals surface area contributed by atoms with Crippen molar-refractivity contribution in [3.05, 3.63) is 58.4 Å². The quantitative estimate of drug-likeness (QED) is 0.614. The van der Waals surface area contributed by atoms with Crippen LogP contribution < -0.4 is 10.0 Å². The van der Waals surface area contributed by atoms with Gasteiger partial charge in [-0.15, -0.1) is 0 Å². The third-order valence-electron chi connectivity index (χ3n) is 5.02. The van der Waals surface area contributed by atoms with E-state index in [0.29, 0.717) is 40.4 Å². The number of hydrogen-bond acceptors (Lipinski definition) is 6. The average Bonchev–Trinajstić information content (AvgIpc) is 3.50. The van der Waals surface area contributed by atoms with E-state index in [4.69, 9.17) is 4.52 Å². The van der Waals surface area contributed by atoms with Crippen molar-refractivity contribution >= 4 is 27.0 Å². The first-order chi connectivity index (χ1) is 13.9. The summed E-state index contributed by atoms with van der Waals surface area (Å²) in [5.41, 5.74) is 3.97. The Morgan fingerprint density at radius 3 is 2.55 bits per heavy atom. The van der Waals surface area contributed by atoms with E-state index in [1.165, 1.54) is 7.05 Å². The van der Waals surface area contributed by atoms with Crippen LogP contribution in [0, 0.1) is 6.92 Å². The van der Waals surface area contributed by atoms with Gasteiger partial charge in [0.25, 0.3) is 11.6 Å². The molecule has 1 amide bonds. The molecule has 29 heavy (non-hydrogen) atoms. The molecule has 0 atom stereocenters. The van der Waals surface area contributed by atoms with Gasteiger partial charge in [-0.1, -0.05) is 29.4 Å². The number of carbonyl (C=O) groups is 1. The molecule has 9 heteroatoms. The summed E-state index contributed by atoms with van der Waals surface area (Å²) in [4.78, 5) is 17.4. The molecule has 1 aliphatic rings. The van der Waals surface area contributed by atoms with E-state index in [9.17, 15) is 13.2 Å². The van der Waals surface area contributed by atoms with Gasteiger partial charge in [-0.2, -0.15) is 0 Å². The smallest absolute Gasteiger partial charge is 0.259 e. The lowest BCUT2D eigenvalue weighted by Gasteiger charge is -2.09. The maximum absolute atomic E-state index is 12.9. The van der Waals surface area contributed by atoms with E-state index in [0.717, 1.165) is 24.1 Å².